The lowest BCUT2D eigenvalue weighted by Gasteiger charge is -2.38. The van der Waals surface area contributed by atoms with Gasteiger partial charge in [0.2, 0.25) is 0 Å². The number of rotatable bonds is 7. The standard InChI is InChI=1S/C14H29NO2/c1-14(2,12-6-4-3-5-7-12)11-15-13(10-17)8-9-16/h12-13,15-17H,3-11H2,1-2H3. The van der Waals surface area contributed by atoms with Gasteiger partial charge in [0.15, 0.2) is 0 Å². The zero-order chi connectivity index (χ0) is 12.7. The van der Waals surface area contributed by atoms with Crippen molar-refractivity contribution < 1.29 is 10.2 Å². The quantitative estimate of drug-likeness (QED) is 0.640. The third-order valence-corrected chi connectivity index (χ3v) is 4.25. The number of aliphatic hydroxyl groups is 2. The van der Waals surface area contributed by atoms with Crippen LogP contribution in [0, 0.1) is 11.3 Å². The van der Waals surface area contributed by atoms with Crippen molar-refractivity contribution in [3.05, 3.63) is 0 Å². The summed E-state index contributed by atoms with van der Waals surface area (Å²) in [4.78, 5) is 0. The van der Waals surface area contributed by atoms with Crippen molar-refractivity contribution in [1.82, 2.24) is 5.32 Å². The maximum atomic E-state index is 9.19. The fourth-order valence-electron chi connectivity index (χ4n) is 2.85. The van der Waals surface area contributed by atoms with Crippen molar-refractivity contribution in [1.29, 1.82) is 0 Å². The molecule has 3 heteroatoms. The molecule has 1 rings (SSSR count). The molecule has 0 aliphatic heterocycles. The van der Waals surface area contributed by atoms with E-state index in [0.717, 1.165) is 12.5 Å². The summed E-state index contributed by atoms with van der Waals surface area (Å²) < 4.78 is 0. The van der Waals surface area contributed by atoms with Crippen molar-refractivity contribution in [2.75, 3.05) is 19.8 Å². The second-order valence-corrected chi connectivity index (χ2v) is 6.10. The largest absolute Gasteiger partial charge is 0.396 e. The van der Waals surface area contributed by atoms with Crippen LogP contribution < -0.4 is 5.32 Å². The van der Waals surface area contributed by atoms with Gasteiger partial charge in [-0.25, -0.2) is 0 Å². The molecule has 0 saturated heterocycles. The summed E-state index contributed by atoms with van der Waals surface area (Å²) in [6.07, 6.45) is 7.46. The molecule has 3 nitrogen and oxygen atoms in total. The molecule has 0 aromatic heterocycles. The van der Waals surface area contributed by atoms with Gasteiger partial charge in [0, 0.05) is 19.2 Å². The lowest BCUT2D eigenvalue weighted by Crippen LogP contribution is -2.43. The number of hydrogen-bond donors (Lipinski definition) is 3. The van der Waals surface area contributed by atoms with Gasteiger partial charge in [0.05, 0.1) is 6.61 Å². The van der Waals surface area contributed by atoms with E-state index in [2.05, 4.69) is 19.2 Å². The van der Waals surface area contributed by atoms with Gasteiger partial charge in [-0.2, -0.15) is 0 Å². The molecule has 0 aromatic carbocycles. The van der Waals surface area contributed by atoms with E-state index in [0.29, 0.717) is 11.8 Å². The van der Waals surface area contributed by atoms with E-state index in [-0.39, 0.29) is 19.3 Å². The minimum absolute atomic E-state index is 0.0443. The smallest absolute Gasteiger partial charge is 0.0585 e. The molecule has 1 aliphatic carbocycles. The molecule has 1 atom stereocenters. The van der Waals surface area contributed by atoms with Gasteiger partial charge in [-0.3, -0.25) is 0 Å². The third kappa shape index (κ3) is 4.94. The summed E-state index contributed by atoms with van der Waals surface area (Å²) in [5, 5.41) is 21.5. The van der Waals surface area contributed by atoms with Crippen molar-refractivity contribution in [2.45, 2.75) is 58.4 Å². The van der Waals surface area contributed by atoms with E-state index in [1.165, 1.54) is 32.1 Å². The Bertz CT molecular complexity index is 200. The van der Waals surface area contributed by atoms with Gasteiger partial charge in [0.25, 0.3) is 0 Å². The van der Waals surface area contributed by atoms with Gasteiger partial charge in [0.1, 0.15) is 0 Å². The molecule has 1 saturated carbocycles. The summed E-state index contributed by atoms with van der Waals surface area (Å²) in [5.41, 5.74) is 0.295. The number of nitrogens with one attached hydrogen (secondary N) is 1. The van der Waals surface area contributed by atoms with E-state index in [1.807, 2.05) is 0 Å². The molecular formula is C14H29NO2. The summed E-state index contributed by atoms with van der Waals surface area (Å²) >= 11 is 0. The summed E-state index contributed by atoms with van der Waals surface area (Å²) in [5.74, 6) is 0.803. The highest BCUT2D eigenvalue weighted by Gasteiger charge is 2.30. The van der Waals surface area contributed by atoms with Crippen LogP contribution in [-0.2, 0) is 0 Å². The topological polar surface area (TPSA) is 52.5 Å². The van der Waals surface area contributed by atoms with Crippen molar-refractivity contribution >= 4 is 0 Å². The molecule has 17 heavy (non-hydrogen) atoms. The Labute approximate surface area is 106 Å². The highest BCUT2D eigenvalue weighted by Crippen LogP contribution is 2.37. The first-order chi connectivity index (χ1) is 8.10. The van der Waals surface area contributed by atoms with Crippen molar-refractivity contribution in [3.8, 4) is 0 Å². The first kappa shape index (κ1) is 14.9. The van der Waals surface area contributed by atoms with Crippen LogP contribution in [0.2, 0.25) is 0 Å². The molecule has 0 amide bonds. The summed E-state index contributed by atoms with van der Waals surface area (Å²) in [7, 11) is 0. The molecule has 1 unspecified atom stereocenters. The lowest BCUT2D eigenvalue weighted by molar-refractivity contribution is 0.133. The van der Waals surface area contributed by atoms with Gasteiger partial charge in [-0.15, -0.1) is 0 Å². The van der Waals surface area contributed by atoms with Gasteiger partial charge < -0.3 is 15.5 Å². The maximum Gasteiger partial charge on any atom is 0.0585 e. The fourth-order valence-corrected chi connectivity index (χ4v) is 2.85. The maximum absolute atomic E-state index is 9.19. The minimum atomic E-state index is 0.0443. The SMILES string of the molecule is CC(C)(CNC(CO)CCO)C1CCCCC1. The normalized spacial score (nSPS) is 20.5. The number of hydrogen-bond acceptors (Lipinski definition) is 3. The summed E-state index contributed by atoms with van der Waals surface area (Å²) in [6.45, 7) is 5.83. The fraction of sp³-hybridized carbons (Fsp3) is 1.00. The minimum Gasteiger partial charge on any atom is -0.396 e. The average Bonchev–Trinajstić information content (AvgIpc) is 2.35. The van der Waals surface area contributed by atoms with Crippen LogP contribution in [0.5, 0.6) is 0 Å². The van der Waals surface area contributed by atoms with E-state index >= 15 is 0 Å². The Kier molecular flexibility index (Phi) is 6.45. The second kappa shape index (κ2) is 7.34. The Morgan fingerprint density at radius 1 is 1.18 bits per heavy atom. The van der Waals surface area contributed by atoms with E-state index in [4.69, 9.17) is 5.11 Å². The molecular weight excluding hydrogens is 214 g/mol. The van der Waals surface area contributed by atoms with E-state index < -0.39 is 0 Å². The van der Waals surface area contributed by atoms with Crippen LogP contribution in [0.25, 0.3) is 0 Å². The molecule has 3 N–H and O–H groups in total. The molecule has 1 aliphatic rings. The highest BCUT2D eigenvalue weighted by molar-refractivity contribution is 4.84. The van der Waals surface area contributed by atoms with Gasteiger partial charge in [-0.05, 0) is 30.6 Å². The average molecular weight is 243 g/mol. The van der Waals surface area contributed by atoms with Crippen LogP contribution in [0.15, 0.2) is 0 Å². The first-order valence-corrected chi connectivity index (χ1v) is 7.05. The van der Waals surface area contributed by atoms with Gasteiger partial charge in [-0.1, -0.05) is 33.1 Å². The number of aliphatic hydroxyl groups excluding tert-OH is 2. The first-order valence-electron chi connectivity index (χ1n) is 7.05. The Morgan fingerprint density at radius 2 is 1.82 bits per heavy atom. The van der Waals surface area contributed by atoms with Crippen molar-refractivity contribution in [3.63, 3.8) is 0 Å². The van der Waals surface area contributed by atoms with Crippen LogP contribution in [0.1, 0.15) is 52.4 Å². The molecule has 0 radical (unpaired) electrons. The summed E-state index contributed by atoms with van der Waals surface area (Å²) in [6, 6.07) is 0.0443. The van der Waals surface area contributed by atoms with Crippen molar-refractivity contribution in [2.24, 2.45) is 11.3 Å². The molecule has 1 fully saturated rings. The van der Waals surface area contributed by atoms with Crippen LogP contribution >= 0.6 is 0 Å². The molecule has 0 spiro atoms. The Balaban J connectivity index is 2.36. The lowest BCUT2D eigenvalue weighted by atomic mass is 9.71. The van der Waals surface area contributed by atoms with Crippen LogP contribution in [0.3, 0.4) is 0 Å². The van der Waals surface area contributed by atoms with Crippen LogP contribution in [0.4, 0.5) is 0 Å². The predicted molar refractivity (Wildman–Crippen MR) is 70.9 cm³/mol. The monoisotopic (exact) mass is 243 g/mol. The van der Waals surface area contributed by atoms with E-state index in [1.54, 1.807) is 0 Å². The second-order valence-electron chi connectivity index (χ2n) is 6.10. The zero-order valence-electron chi connectivity index (χ0n) is 11.4. The molecule has 0 bridgehead atoms. The molecule has 0 aromatic rings. The molecule has 0 heterocycles. The third-order valence-electron chi connectivity index (χ3n) is 4.25. The van der Waals surface area contributed by atoms with Gasteiger partial charge >= 0.3 is 0 Å². The highest BCUT2D eigenvalue weighted by atomic mass is 16.3. The molecule has 102 valence electrons. The van der Waals surface area contributed by atoms with E-state index in [9.17, 15) is 5.11 Å². The predicted octanol–water partition coefficient (Wildman–Crippen LogP) is 1.93. The Morgan fingerprint density at radius 3 is 2.35 bits per heavy atom. The Hall–Kier alpha value is -0.120. The zero-order valence-corrected chi connectivity index (χ0v) is 11.4. The van der Waals surface area contributed by atoms with Crippen LogP contribution in [-0.4, -0.2) is 36.0 Å².